The zero-order valence-electron chi connectivity index (χ0n) is 20.7. The Balaban J connectivity index is 1.74. The first-order valence-electron chi connectivity index (χ1n) is 11.8. The molecule has 0 saturated carbocycles. The van der Waals surface area contributed by atoms with Gasteiger partial charge in [0.25, 0.3) is 5.91 Å². The van der Waals surface area contributed by atoms with Crippen molar-refractivity contribution in [1.29, 1.82) is 0 Å². The molecule has 3 aromatic rings. The lowest BCUT2D eigenvalue weighted by Gasteiger charge is -2.19. The summed E-state index contributed by atoms with van der Waals surface area (Å²) in [6.45, 7) is 3.69. The molecule has 1 atom stereocenters. The van der Waals surface area contributed by atoms with Crippen LogP contribution in [0.4, 0.5) is 0 Å². The molecule has 0 aliphatic rings. The maximum absolute atomic E-state index is 13.2. The second-order valence-electron chi connectivity index (χ2n) is 8.64. The van der Waals surface area contributed by atoms with Crippen LogP contribution in [0.15, 0.2) is 83.8 Å². The van der Waals surface area contributed by atoms with Crippen molar-refractivity contribution in [3.05, 3.63) is 84.4 Å². The van der Waals surface area contributed by atoms with E-state index in [4.69, 9.17) is 9.94 Å². The Hall–Kier alpha value is -3.73. The number of hydrogen-bond donors (Lipinski definition) is 4. The fourth-order valence-corrected chi connectivity index (χ4v) is 4.90. The zero-order chi connectivity index (χ0) is 26.8. The van der Waals surface area contributed by atoms with Gasteiger partial charge < -0.3 is 10.1 Å². The van der Waals surface area contributed by atoms with E-state index in [1.807, 2.05) is 74.5 Å². The Morgan fingerprint density at radius 1 is 0.946 bits per heavy atom. The molecule has 3 rings (SSSR count). The van der Waals surface area contributed by atoms with Gasteiger partial charge in [0.2, 0.25) is 15.9 Å². The summed E-state index contributed by atoms with van der Waals surface area (Å²) in [7, 11) is -4.19. The number of carbonyl (C=O) groups excluding carboxylic acids is 2. The van der Waals surface area contributed by atoms with Crippen LogP contribution in [0.5, 0.6) is 5.75 Å². The summed E-state index contributed by atoms with van der Waals surface area (Å²) in [5.74, 6) is -0.843. The van der Waals surface area contributed by atoms with E-state index in [1.54, 1.807) is 6.07 Å². The van der Waals surface area contributed by atoms with E-state index >= 15 is 0 Å². The van der Waals surface area contributed by atoms with Gasteiger partial charge in [0.15, 0.2) is 0 Å². The third-order valence-electron chi connectivity index (χ3n) is 5.40. The Morgan fingerprint density at radius 2 is 1.59 bits per heavy atom. The van der Waals surface area contributed by atoms with Gasteiger partial charge in [0.05, 0.1) is 17.4 Å². The first kappa shape index (κ1) is 27.9. The highest BCUT2D eigenvalue weighted by Crippen LogP contribution is 2.33. The molecule has 0 heterocycles. The molecule has 0 unspecified atom stereocenters. The summed E-state index contributed by atoms with van der Waals surface area (Å²) >= 11 is 0. The van der Waals surface area contributed by atoms with E-state index in [2.05, 4.69) is 10.0 Å². The molecule has 9 nitrogen and oxygen atoms in total. The van der Waals surface area contributed by atoms with E-state index in [0.717, 1.165) is 16.7 Å². The van der Waals surface area contributed by atoms with Crippen LogP contribution in [0.1, 0.15) is 25.8 Å². The van der Waals surface area contributed by atoms with Crippen LogP contribution in [0.2, 0.25) is 0 Å². The number of rotatable bonds is 12. The SMILES string of the molecule is CC(C)Oc1cc(S(=O)(=O)N[C@H](CCNC(=O)Cc2ccccc2)C(=O)NO)ccc1-c1ccccc1. The van der Waals surface area contributed by atoms with E-state index in [0.29, 0.717) is 5.75 Å². The molecule has 37 heavy (non-hydrogen) atoms. The average molecular weight is 526 g/mol. The number of hydrogen-bond acceptors (Lipinski definition) is 6. The van der Waals surface area contributed by atoms with Gasteiger partial charge in [-0.05, 0) is 43.5 Å². The van der Waals surface area contributed by atoms with Gasteiger partial charge in [-0.15, -0.1) is 0 Å². The molecule has 0 spiro atoms. The van der Waals surface area contributed by atoms with Gasteiger partial charge >= 0.3 is 0 Å². The number of benzene rings is 3. The number of ether oxygens (including phenoxy) is 1. The van der Waals surface area contributed by atoms with Crippen molar-refractivity contribution < 1.29 is 28.0 Å². The zero-order valence-corrected chi connectivity index (χ0v) is 21.5. The van der Waals surface area contributed by atoms with Gasteiger partial charge in [0.1, 0.15) is 11.8 Å². The second-order valence-corrected chi connectivity index (χ2v) is 10.4. The lowest BCUT2D eigenvalue weighted by Crippen LogP contribution is -2.47. The fraction of sp³-hybridized carbons (Fsp3) is 0.259. The summed E-state index contributed by atoms with van der Waals surface area (Å²) in [6, 6.07) is 21.7. The molecular weight excluding hydrogens is 494 g/mol. The van der Waals surface area contributed by atoms with Crippen LogP contribution >= 0.6 is 0 Å². The summed E-state index contributed by atoms with van der Waals surface area (Å²) in [5, 5.41) is 11.8. The Morgan fingerprint density at radius 3 is 2.22 bits per heavy atom. The third kappa shape index (κ3) is 8.14. The molecule has 0 aliphatic carbocycles. The van der Waals surface area contributed by atoms with Crippen molar-refractivity contribution >= 4 is 21.8 Å². The Labute approximate surface area is 216 Å². The first-order chi connectivity index (χ1) is 17.7. The molecule has 0 aliphatic heterocycles. The van der Waals surface area contributed by atoms with Gasteiger partial charge in [-0.25, -0.2) is 13.9 Å². The summed E-state index contributed by atoms with van der Waals surface area (Å²) in [4.78, 5) is 24.3. The predicted molar refractivity (Wildman–Crippen MR) is 139 cm³/mol. The Kier molecular flexibility index (Phi) is 9.78. The maximum Gasteiger partial charge on any atom is 0.261 e. The topological polar surface area (TPSA) is 134 Å². The van der Waals surface area contributed by atoms with Crippen LogP contribution < -0.4 is 20.3 Å². The largest absolute Gasteiger partial charge is 0.490 e. The van der Waals surface area contributed by atoms with Crippen molar-refractivity contribution in [1.82, 2.24) is 15.5 Å². The van der Waals surface area contributed by atoms with Crippen molar-refractivity contribution in [2.45, 2.75) is 43.7 Å². The van der Waals surface area contributed by atoms with E-state index < -0.39 is 22.0 Å². The second kappa shape index (κ2) is 13.0. The summed E-state index contributed by atoms with van der Waals surface area (Å²) in [5.41, 5.74) is 3.89. The average Bonchev–Trinajstić information content (AvgIpc) is 2.88. The van der Waals surface area contributed by atoms with Crippen LogP contribution in [0.25, 0.3) is 11.1 Å². The van der Waals surface area contributed by atoms with Gasteiger partial charge in [0, 0.05) is 18.2 Å². The number of nitrogens with one attached hydrogen (secondary N) is 3. The molecule has 0 radical (unpaired) electrons. The molecule has 0 bridgehead atoms. The van der Waals surface area contributed by atoms with Crippen molar-refractivity contribution in [3.63, 3.8) is 0 Å². The van der Waals surface area contributed by atoms with Crippen molar-refractivity contribution in [2.75, 3.05) is 6.54 Å². The Bertz CT molecular complexity index is 1300. The third-order valence-corrected chi connectivity index (χ3v) is 6.87. The van der Waals surface area contributed by atoms with Gasteiger partial charge in [-0.2, -0.15) is 4.72 Å². The van der Waals surface area contributed by atoms with Crippen LogP contribution in [-0.4, -0.2) is 44.1 Å². The smallest absolute Gasteiger partial charge is 0.261 e. The lowest BCUT2D eigenvalue weighted by atomic mass is 10.0. The highest BCUT2D eigenvalue weighted by Gasteiger charge is 2.26. The predicted octanol–water partition coefficient (Wildman–Crippen LogP) is 3.04. The van der Waals surface area contributed by atoms with Crippen LogP contribution in [0.3, 0.4) is 0 Å². The van der Waals surface area contributed by atoms with E-state index in [9.17, 15) is 18.0 Å². The molecule has 0 aromatic heterocycles. The van der Waals surface area contributed by atoms with Gasteiger partial charge in [-0.1, -0.05) is 60.7 Å². The van der Waals surface area contributed by atoms with E-state index in [1.165, 1.54) is 17.6 Å². The van der Waals surface area contributed by atoms with E-state index in [-0.39, 0.29) is 36.3 Å². The number of amides is 2. The van der Waals surface area contributed by atoms with Crippen molar-refractivity contribution in [3.8, 4) is 16.9 Å². The highest BCUT2D eigenvalue weighted by molar-refractivity contribution is 7.89. The molecule has 0 saturated heterocycles. The lowest BCUT2D eigenvalue weighted by molar-refractivity contribution is -0.131. The quantitative estimate of drug-likeness (QED) is 0.212. The minimum Gasteiger partial charge on any atom is -0.490 e. The monoisotopic (exact) mass is 525 g/mol. The van der Waals surface area contributed by atoms with Crippen LogP contribution in [0, 0.1) is 0 Å². The molecule has 2 amide bonds. The maximum atomic E-state index is 13.2. The van der Waals surface area contributed by atoms with Crippen molar-refractivity contribution in [2.24, 2.45) is 0 Å². The molecular formula is C27H31N3O6S. The fourth-order valence-electron chi connectivity index (χ4n) is 3.65. The molecule has 196 valence electrons. The van der Waals surface area contributed by atoms with Gasteiger partial charge in [-0.3, -0.25) is 14.8 Å². The minimum atomic E-state index is -4.19. The normalized spacial score (nSPS) is 12.1. The molecule has 4 N–H and O–H groups in total. The number of carbonyl (C=O) groups is 2. The standard InChI is InChI=1S/C27H31N3O6S/c1-19(2)36-25-18-22(13-14-23(25)21-11-7-4-8-12-21)37(34,35)30-24(27(32)29-33)15-16-28-26(31)17-20-9-5-3-6-10-20/h3-14,18-19,24,30,33H,15-17H2,1-2H3,(H,28,31)(H,29,32)/t24-/m1/s1. The molecule has 3 aromatic carbocycles. The molecule has 0 fully saturated rings. The van der Waals surface area contributed by atoms with Crippen LogP contribution in [-0.2, 0) is 26.0 Å². The summed E-state index contributed by atoms with van der Waals surface area (Å²) in [6.07, 6.45) is -0.139. The summed E-state index contributed by atoms with van der Waals surface area (Å²) < 4.78 is 34.5. The number of sulfonamides is 1. The minimum absolute atomic E-state index is 0.0148. The number of hydroxylamine groups is 1. The highest BCUT2D eigenvalue weighted by atomic mass is 32.2. The first-order valence-corrected chi connectivity index (χ1v) is 13.3. The molecule has 10 heteroatoms.